The third kappa shape index (κ3) is 4.88. The molecule has 132 valence electrons. The van der Waals surface area contributed by atoms with Gasteiger partial charge < -0.3 is 20.5 Å². The maximum absolute atomic E-state index is 12.2. The van der Waals surface area contributed by atoms with Crippen molar-refractivity contribution < 1.29 is 19.4 Å². The van der Waals surface area contributed by atoms with Crippen LogP contribution < -0.4 is 15.4 Å². The van der Waals surface area contributed by atoms with Crippen LogP contribution in [-0.2, 0) is 4.79 Å². The Morgan fingerprint density at radius 2 is 1.83 bits per heavy atom. The Morgan fingerprint density at radius 3 is 2.33 bits per heavy atom. The SMILES string of the molecule is CCC(NC(=O)NC1CCC(C(=O)O)CC1)c1ccc(OC)cc1. The fraction of sp³-hybridized carbons (Fsp3) is 0.556. The molecule has 24 heavy (non-hydrogen) atoms. The van der Waals surface area contributed by atoms with E-state index in [0.717, 1.165) is 17.7 Å². The molecule has 0 heterocycles. The third-order valence-corrected chi connectivity index (χ3v) is 4.64. The van der Waals surface area contributed by atoms with Crippen LogP contribution in [0.4, 0.5) is 4.79 Å². The molecule has 1 unspecified atom stereocenters. The van der Waals surface area contributed by atoms with Crippen LogP contribution in [0, 0.1) is 5.92 Å². The number of carboxylic acids is 1. The number of amides is 2. The van der Waals surface area contributed by atoms with Crippen molar-refractivity contribution in [1.29, 1.82) is 0 Å². The topological polar surface area (TPSA) is 87.7 Å². The molecule has 1 aliphatic carbocycles. The van der Waals surface area contributed by atoms with Gasteiger partial charge in [0.2, 0.25) is 0 Å². The monoisotopic (exact) mass is 334 g/mol. The Balaban J connectivity index is 1.84. The van der Waals surface area contributed by atoms with Crippen molar-refractivity contribution in [2.75, 3.05) is 7.11 Å². The number of urea groups is 1. The molecule has 1 fully saturated rings. The van der Waals surface area contributed by atoms with Crippen LogP contribution in [0.3, 0.4) is 0 Å². The van der Waals surface area contributed by atoms with Crippen molar-refractivity contribution in [3.8, 4) is 5.75 Å². The molecular formula is C18H26N2O4. The van der Waals surface area contributed by atoms with E-state index < -0.39 is 5.97 Å². The number of hydrogen-bond acceptors (Lipinski definition) is 3. The van der Waals surface area contributed by atoms with Crippen molar-refractivity contribution in [3.63, 3.8) is 0 Å². The summed E-state index contributed by atoms with van der Waals surface area (Å²) in [5.74, 6) is -0.217. The van der Waals surface area contributed by atoms with Crippen molar-refractivity contribution >= 4 is 12.0 Å². The molecule has 3 N–H and O–H groups in total. The zero-order valence-electron chi connectivity index (χ0n) is 14.2. The number of nitrogens with one attached hydrogen (secondary N) is 2. The number of carbonyl (C=O) groups excluding carboxylic acids is 1. The van der Waals surface area contributed by atoms with E-state index in [-0.39, 0.29) is 24.0 Å². The van der Waals surface area contributed by atoms with Gasteiger partial charge in [-0.1, -0.05) is 19.1 Å². The maximum Gasteiger partial charge on any atom is 0.315 e. The average Bonchev–Trinajstić information content (AvgIpc) is 2.60. The molecule has 1 saturated carbocycles. The molecule has 6 nitrogen and oxygen atoms in total. The maximum atomic E-state index is 12.2. The molecule has 0 saturated heterocycles. The van der Waals surface area contributed by atoms with E-state index in [9.17, 15) is 9.59 Å². The highest BCUT2D eigenvalue weighted by Crippen LogP contribution is 2.25. The van der Waals surface area contributed by atoms with E-state index in [4.69, 9.17) is 9.84 Å². The predicted octanol–water partition coefficient (Wildman–Crippen LogP) is 3.09. The summed E-state index contributed by atoms with van der Waals surface area (Å²) < 4.78 is 5.15. The summed E-state index contributed by atoms with van der Waals surface area (Å²) in [6, 6.07) is 7.45. The molecule has 0 aromatic heterocycles. The average molecular weight is 334 g/mol. The van der Waals surface area contributed by atoms with Gasteiger partial charge >= 0.3 is 12.0 Å². The van der Waals surface area contributed by atoms with Gasteiger partial charge in [0, 0.05) is 6.04 Å². The van der Waals surface area contributed by atoms with Gasteiger partial charge in [-0.3, -0.25) is 4.79 Å². The lowest BCUT2D eigenvalue weighted by Crippen LogP contribution is -2.45. The molecule has 1 aromatic rings. The van der Waals surface area contributed by atoms with Crippen molar-refractivity contribution in [1.82, 2.24) is 10.6 Å². The van der Waals surface area contributed by atoms with Gasteiger partial charge in [-0.15, -0.1) is 0 Å². The van der Waals surface area contributed by atoms with Crippen LogP contribution in [-0.4, -0.2) is 30.3 Å². The predicted molar refractivity (Wildman–Crippen MR) is 91.1 cm³/mol. The van der Waals surface area contributed by atoms with Gasteiger partial charge in [0.25, 0.3) is 0 Å². The van der Waals surface area contributed by atoms with E-state index in [1.807, 2.05) is 31.2 Å². The molecule has 2 rings (SSSR count). The lowest BCUT2D eigenvalue weighted by molar-refractivity contribution is -0.142. The summed E-state index contributed by atoms with van der Waals surface area (Å²) in [6.45, 7) is 2.02. The fourth-order valence-electron chi connectivity index (χ4n) is 3.13. The van der Waals surface area contributed by atoms with E-state index in [0.29, 0.717) is 25.7 Å². The van der Waals surface area contributed by atoms with Gasteiger partial charge in [0.05, 0.1) is 19.1 Å². The van der Waals surface area contributed by atoms with Crippen LogP contribution in [0.15, 0.2) is 24.3 Å². The van der Waals surface area contributed by atoms with E-state index in [2.05, 4.69) is 10.6 Å². The smallest absolute Gasteiger partial charge is 0.315 e. The van der Waals surface area contributed by atoms with Crippen molar-refractivity contribution in [3.05, 3.63) is 29.8 Å². The first-order chi connectivity index (χ1) is 11.5. The molecule has 0 spiro atoms. The Labute approximate surface area is 142 Å². The number of rotatable bonds is 6. The number of hydrogen-bond donors (Lipinski definition) is 3. The van der Waals surface area contributed by atoms with Gasteiger partial charge in [-0.05, 0) is 49.8 Å². The van der Waals surface area contributed by atoms with Crippen LogP contribution in [0.2, 0.25) is 0 Å². The van der Waals surface area contributed by atoms with E-state index in [1.165, 1.54) is 0 Å². The van der Waals surface area contributed by atoms with Gasteiger partial charge in [0.15, 0.2) is 0 Å². The lowest BCUT2D eigenvalue weighted by Gasteiger charge is -2.28. The van der Waals surface area contributed by atoms with Gasteiger partial charge in [-0.25, -0.2) is 4.79 Å². The Kier molecular flexibility index (Phi) is 6.46. The third-order valence-electron chi connectivity index (χ3n) is 4.64. The largest absolute Gasteiger partial charge is 0.497 e. The number of benzene rings is 1. The molecular weight excluding hydrogens is 308 g/mol. The molecule has 1 aliphatic rings. The molecule has 1 aromatic carbocycles. The highest BCUT2D eigenvalue weighted by atomic mass is 16.5. The Hall–Kier alpha value is -2.24. The summed E-state index contributed by atoms with van der Waals surface area (Å²) in [5.41, 5.74) is 1.03. The summed E-state index contributed by atoms with van der Waals surface area (Å²) in [6.07, 6.45) is 3.45. The van der Waals surface area contributed by atoms with Gasteiger partial charge in [-0.2, -0.15) is 0 Å². The minimum Gasteiger partial charge on any atom is -0.497 e. The summed E-state index contributed by atoms with van der Waals surface area (Å²) in [5, 5.41) is 15.0. The molecule has 1 atom stereocenters. The summed E-state index contributed by atoms with van der Waals surface area (Å²) >= 11 is 0. The van der Waals surface area contributed by atoms with Crippen molar-refractivity contribution in [2.24, 2.45) is 5.92 Å². The summed E-state index contributed by atoms with van der Waals surface area (Å²) in [7, 11) is 1.62. The second-order valence-electron chi connectivity index (χ2n) is 6.24. The minimum absolute atomic E-state index is 0.0500. The summed E-state index contributed by atoms with van der Waals surface area (Å²) in [4.78, 5) is 23.2. The van der Waals surface area contributed by atoms with Crippen LogP contribution in [0.5, 0.6) is 5.75 Å². The first-order valence-electron chi connectivity index (χ1n) is 8.47. The molecule has 0 radical (unpaired) electrons. The Morgan fingerprint density at radius 1 is 1.21 bits per heavy atom. The van der Waals surface area contributed by atoms with Crippen molar-refractivity contribution in [2.45, 2.75) is 51.1 Å². The number of carboxylic acid groups (broad SMARTS) is 1. The second-order valence-corrected chi connectivity index (χ2v) is 6.24. The first kappa shape index (κ1) is 18.1. The molecule has 2 amide bonds. The Bertz CT molecular complexity index is 551. The fourth-order valence-corrected chi connectivity index (χ4v) is 3.13. The first-order valence-corrected chi connectivity index (χ1v) is 8.47. The number of aliphatic carboxylic acids is 1. The second kappa shape index (κ2) is 8.57. The highest BCUT2D eigenvalue weighted by Gasteiger charge is 2.27. The standard InChI is InChI=1S/C18H26N2O4/c1-3-16(12-6-10-15(24-2)11-7-12)20-18(23)19-14-8-4-13(5-9-14)17(21)22/h6-7,10-11,13-14,16H,3-5,8-9H2,1-2H3,(H,21,22)(H2,19,20,23). The number of carbonyl (C=O) groups is 2. The molecule has 0 bridgehead atoms. The lowest BCUT2D eigenvalue weighted by atomic mass is 9.86. The molecule has 6 heteroatoms. The zero-order chi connectivity index (χ0) is 17.5. The van der Waals surface area contributed by atoms with Gasteiger partial charge in [0.1, 0.15) is 5.75 Å². The van der Waals surface area contributed by atoms with Crippen LogP contribution >= 0.6 is 0 Å². The minimum atomic E-state index is -0.733. The normalized spacial score (nSPS) is 21.6. The zero-order valence-corrected chi connectivity index (χ0v) is 14.2. The quantitative estimate of drug-likeness (QED) is 0.746. The number of ether oxygens (including phenoxy) is 1. The van der Waals surface area contributed by atoms with Crippen LogP contribution in [0.25, 0.3) is 0 Å². The molecule has 0 aliphatic heterocycles. The van der Waals surface area contributed by atoms with Crippen LogP contribution in [0.1, 0.15) is 50.6 Å². The van der Waals surface area contributed by atoms with E-state index in [1.54, 1.807) is 7.11 Å². The number of methoxy groups -OCH3 is 1. The van der Waals surface area contributed by atoms with E-state index >= 15 is 0 Å². The highest BCUT2D eigenvalue weighted by molar-refractivity contribution is 5.75.